The molecular formula is C10H20O5S. The predicted molar refractivity (Wildman–Crippen MR) is 60.4 cm³/mol. The van der Waals surface area contributed by atoms with Gasteiger partial charge in [-0.25, -0.2) is 0 Å². The van der Waals surface area contributed by atoms with Crippen LogP contribution in [0.3, 0.4) is 0 Å². The van der Waals surface area contributed by atoms with Crippen molar-refractivity contribution in [2.75, 3.05) is 13.4 Å². The Balaban J connectivity index is 4.77. The molecule has 5 nitrogen and oxygen atoms in total. The summed E-state index contributed by atoms with van der Waals surface area (Å²) in [5.41, 5.74) is -1.73. The number of methoxy groups -OCH3 is 1. The van der Waals surface area contributed by atoms with E-state index < -0.39 is 27.1 Å². The second-order valence-electron chi connectivity index (χ2n) is 5.10. The van der Waals surface area contributed by atoms with Gasteiger partial charge in [0.15, 0.2) is 0 Å². The summed E-state index contributed by atoms with van der Waals surface area (Å²) in [4.78, 5) is 11.4. The van der Waals surface area contributed by atoms with Crippen LogP contribution in [0.1, 0.15) is 34.1 Å². The molecule has 0 aromatic carbocycles. The van der Waals surface area contributed by atoms with Crippen molar-refractivity contribution in [1.82, 2.24) is 0 Å². The van der Waals surface area contributed by atoms with Crippen LogP contribution in [0.2, 0.25) is 0 Å². The van der Waals surface area contributed by atoms with E-state index in [1.165, 1.54) is 7.11 Å². The average molecular weight is 252 g/mol. The molecule has 0 N–H and O–H groups in total. The van der Waals surface area contributed by atoms with Gasteiger partial charge in [0.2, 0.25) is 0 Å². The second-order valence-corrected chi connectivity index (χ2v) is 6.67. The van der Waals surface area contributed by atoms with Crippen molar-refractivity contribution in [3.05, 3.63) is 0 Å². The van der Waals surface area contributed by atoms with E-state index in [2.05, 4.69) is 4.74 Å². The second kappa shape index (κ2) is 4.71. The van der Waals surface area contributed by atoms with Gasteiger partial charge >= 0.3 is 5.97 Å². The first-order chi connectivity index (χ1) is 6.90. The van der Waals surface area contributed by atoms with E-state index in [0.717, 1.165) is 6.26 Å². The van der Waals surface area contributed by atoms with Crippen LogP contribution in [-0.2, 0) is 23.8 Å². The summed E-state index contributed by atoms with van der Waals surface area (Å²) in [6.45, 7) is 6.62. The third kappa shape index (κ3) is 5.46. The lowest BCUT2D eigenvalue weighted by molar-refractivity contribution is -0.153. The minimum Gasteiger partial charge on any atom is -0.469 e. The molecule has 0 spiro atoms. The van der Waals surface area contributed by atoms with Gasteiger partial charge < -0.3 is 4.74 Å². The summed E-state index contributed by atoms with van der Waals surface area (Å²) >= 11 is 0. The molecule has 6 heteroatoms. The van der Waals surface area contributed by atoms with Crippen molar-refractivity contribution >= 4 is 16.1 Å². The van der Waals surface area contributed by atoms with Crippen LogP contribution in [0.15, 0.2) is 0 Å². The zero-order chi connectivity index (χ0) is 13.2. The lowest BCUT2D eigenvalue weighted by Crippen LogP contribution is -2.38. The zero-order valence-electron chi connectivity index (χ0n) is 10.7. The van der Waals surface area contributed by atoms with Gasteiger partial charge in [0, 0.05) is 0 Å². The highest BCUT2D eigenvalue weighted by Gasteiger charge is 2.37. The highest BCUT2D eigenvalue weighted by Crippen LogP contribution is 2.32. The van der Waals surface area contributed by atoms with Crippen LogP contribution >= 0.6 is 0 Å². The number of carbonyl (C=O) groups is 1. The molecular weight excluding hydrogens is 232 g/mol. The third-order valence-electron chi connectivity index (χ3n) is 1.98. The number of esters is 1. The van der Waals surface area contributed by atoms with Crippen LogP contribution in [-0.4, -0.2) is 33.4 Å². The van der Waals surface area contributed by atoms with Gasteiger partial charge in [-0.1, -0.05) is 0 Å². The molecule has 0 atom stereocenters. The Kier molecular flexibility index (Phi) is 4.53. The Hall–Kier alpha value is -0.620. The van der Waals surface area contributed by atoms with Gasteiger partial charge in [0.1, 0.15) is 0 Å². The minimum absolute atomic E-state index is 0.250. The van der Waals surface area contributed by atoms with Gasteiger partial charge in [-0.3, -0.25) is 8.98 Å². The van der Waals surface area contributed by atoms with Crippen molar-refractivity contribution in [2.24, 2.45) is 5.41 Å². The van der Waals surface area contributed by atoms with Crippen LogP contribution < -0.4 is 0 Å². The molecule has 96 valence electrons. The summed E-state index contributed by atoms with van der Waals surface area (Å²) in [5, 5.41) is 0. The highest BCUT2D eigenvalue weighted by molar-refractivity contribution is 7.86. The molecule has 0 fully saturated rings. The lowest BCUT2D eigenvalue weighted by atomic mass is 9.82. The van der Waals surface area contributed by atoms with E-state index in [9.17, 15) is 13.2 Å². The first kappa shape index (κ1) is 15.4. The van der Waals surface area contributed by atoms with Crippen LogP contribution in [0, 0.1) is 5.41 Å². The molecule has 0 radical (unpaired) electrons. The Morgan fingerprint density at radius 3 is 1.94 bits per heavy atom. The topological polar surface area (TPSA) is 69.7 Å². The van der Waals surface area contributed by atoms with E-state index in [4.69, 9.17) is 4.18 Å². The van der Waals surface area contributed by atoms with E-state index in [-0.39, 0.29) is 6.42 Å². The monoisotopic (exact) mass is 252 g/mol. The molecule has 0 aromatic heterocycles. The summed E-state index contributed by atoms with van der Waals surface area (Å²) in [5.74, 6) is -0.391. The Bertz CT molecular complexity index is 353. The zero-order valence-corrected chi connectivity index (χ0v) is 11.5. The number of rotatable bonds is 5. The van der Waals surface area contributed by atoms with Crippen LogP contribution in [0.25, 0.3) is 0 Å². The highest BCUT2D eigenvalue weighted by atomic mass is 32.2. The fourth-order valence-corrected chi connectivity index (χ4v) is 2.73. The van der Waals surface area contributed by atoms with Crippen LogP contribution in [0.4, 0.5) is 0 Å². The van der Waals surface area contributed by atoms with Gasteiger partial charge in [0.05, 0.1) is 24.4 Å². The molecule has 0 bridgehead atoms. The standard InChI is InChI=1S/C10H20O5S/c1-9(2,8(11)14-5)7-10(3,4)15-16(6,12)13/h7H2,1-6H3. The molecule has 0 aliphatic heterocycles. The largest absolute Gasteiger partial charge is 0.469 e. The molecule has 0 heterocycles. The third-order valence-corrected chi connectivity index (χ3v) is 2.74. The van der Waals surface area contributed by atoms with E-state index in [1.54, 1.807) is 27.7 Å². The van der Waals surface area contributed by atoms with Crippen molar-refractivity contribution in [1.29, 1.82) is 0 Å². The van der Waals surface area contributed by atoms with Gasteiger partial charge in [-0.2, -0.15) is 8.42 Å². The van der Waals surface area contributed by atoms with E-state index >= 15 is 0 Å². The molecule has 0 aliphatic rings. The van der Waals surface area contributed by atoms with Gasteiger partial charge in [0.25, 0.3) is 10.1 Å². The Labute approximate surface area is 97.2 Å². The van der Waals surface area contributed by atoms with E-state index in [1.807, 2.05) is 0 Å². The normalized spacial score (nSPS) is 13.6. The predicted octanol–water partition coefficient (Wildman–Crippen LogP) is 1.33. The summed E-state index contributed by atoms with van der Waals surface area (Å²) in [7, 11) is -2.24. The van der Waals surface area contributed by atoms with Gasteiger partial charge in [-0.15, -0.1) is 0 Å². The summed E-state index contributed by atoms with van der Waals surface area (Å²) in [6.07, 6.45) is 1.24. The molecule has 0 saturated heterocycles. The van der Waals surface area contributed by atoms with Crippen molar-refractivity contribution in [2.45, 2.75) is 39.7 Å². The fraction of sp³-hybridized carbons (Fsp3) is 0.900. The van der Waals surface area contributed by atoms with Crippen molar-refractivity contribution in [3.8, 4) is 0 Å². The number of hydrogen-bond donors (Lipinski definition) is 0. The maximum absolute atomic E-state index is 11.4. The van der Waals surface area contributed by atoms with E-state index in [0.29, 0.717) is 0 Å². The number of hydrogen-bond acceptors (Lipinski definition) is 5. The summed E-state index contributed by atoms with van der Waals surface area (Å²) < 4.78 is 31.6. The lowest BCUT2D eigenvalue weighted by Gasteiger charge is -2.31. The van der Waals surface area contributed by atoms with Crippen molar-refractivity contribution in [3.63, 3.8) is 0 Å². The smallest absolute Gasteiger partial charge is 0.311 e. The molecule has 0 amide bonds. The minimum atomic E-state index is -3.54. The Morgan fingerprint density at radius 1 is 1.19 bits per heavy atom. The quantitative estimate of drug-likeness (QED) is 0.545. The van der Waals surface area contributed by atoms with Gasteiger partial charge in [-0.05, 0) is 34.1 Å². The molecule has 0 rings (SSSR count). The molecule has 0 unspecified atom stereocenters. The first-order valence-electron chi connectivity index (χ1n) is 4.89. The SMILES string of the molecule is COC(=O)C(C)(C)CC(C)(C)OS(C)(=O)=O. The maximum Gasteiger partial charge on any atom is 0.311 e. The molecule has 16 heavy (non-hydrogen) atoms. The van der Waals surface area contributed by atoms with Crippen molar-refractivity contribution < 1.29 is 22.1 Å². The number of ether oxygens (including phenoxy) is 1. The summed E-state index contributed by atoms with van der Waals surface area (Å²) in [6, 6.07) is 0. The fourth-order valence-electron chi connectivity index (χ4n) is 1.85. The molecule has 0 aliphatic carbocycles. The average Bonchev–Trinajstić information content (AvgIpc) is 1.95. The number of carbonyl (C=O) groups excluding carboxylic acids is 1. The maximum atomic E-state index is 11.4. The first-order valence-corrected chi connectivity index (χ1v) is 6.70. The Morgan fingerprint density at radius 2 is 1.62 bits per heavy atom. The molecule has 0 saturated carbocycles. The van der Waals surface area contributed by atoms with Crippen LogP contribution in [0.5, 0.6) is 0 Å². The molecule has 0 aromatic rings.